The highest BCUT2D eigenvalue weighted by atomic mass is 35.5. The molecular weight excluding hydrogens is 207 g/mol. The number of benzene rings is 1. The maximum atomic E-state index is 11.3. The number of rotatable bonds is 2. The number of hydrogen-bond acceptors (Lipinski definition) is 1. The Morgan fingerprint density at radius 2 is 1.77 bits per heavy atom. The van der Waals surface area contributed by atoms with Gasteiger partial charge in [0.2, 0.25) is 0 Å². The summed E-state index contributed by atoms with van der Waals surface area (Å²) < 4.78 is 0. The van der Waals surface area contributed by atoms with E-state index in [2.05, 4.69) is 0 Å². The van der Waals surface area contributed by atoms with Gasteiger partial charge in [0.25, 0.3) is 0 Å². The second-order valence-electron chi connectivity index (χ2n) is 2.52. The highest BCUT2D eigenvalue weighted by molar-refractivity contribution is 6.35. The van der Waals surface area contributed by atoms with Gasteiger partial charge in [-0.25, -0.2) is 0 Å². The molecule has 0 unspecified atom stereocenters. The first-order chi connectivity index (χ1) is 6.13. The third kappa shape index (κ3) is 2.87. The lowest BCUT2D eigenvalue weighted by Crippen LogP contribution is -1.93. The second-order valence-corrected chi connectivity index (χ2v) is 3.40. The SMILES string of the molecule is CC=CC(=O)c1cc(Cl)cc(Cl)c1. The monoisotopic (exact) mass is 214 g/mol. The van der Waals surface area contributed by atoms with Crippen molar-refractivity contribution in [2.24, 2.45) is 0 Å². The Labute approximate surface area is 87.0 Å². The minimum Gasteiger partial charge on any atom is -0.289 e. The molecule has 0 aliphatic heterocycles. The van der Waals surface area contributed by atoms with Crippen molar-refractivity contribution >= 4 is 29.0 Å². The van der Waals surface area contributed by atoms with Crippen LogP contribution in [0.1, 0.15) is 17.3 Å². The van der Waals surface area contributed by atoms with Crippen molar-refractivity contribution in [3.8, 4) is 0 Å². The van der Waals surface area contributed by atoms with Gasteiger partial charge in [-0.15, -0.1) is 0 Å². The number of ketones is 1. The Balaban J connectivity index is 3.08. The predicted molar refractivity (Wildman–Crippen MR) is 55.6 cm³/mol. The van der Waals surface area contributed by atoms with Crippen LogP contribution in [0.3, 0.4) is 0 Å². The molecule has 3 heteroatoms. The third-order valence-electron chi connectivity index (χ3n) is 1.47. The van der Waals surface area contributed by atoms with E-state index in [-0.39, 0.29) is 5.78 Å². The summed E-state index contributed by atoms with van der Waals surface area (Å²) in [4.78, 5) is 11.3. The van der Waals surface area contributed by atoms with Gasteiger partial charge in [-0.2, -0.15) is 0 Å². The van der Waals surface area contributed by atoms with E-state index in [1.165, 1.54) is 6.08 Å². The molecule has 0 saturated heterocycles. The standard InChI is InChI=1S/C10H8Cl2O/c1-2-3-10(13)7-4-8(11)6-9(12)5-7/h2-6H,1H3. The summed E-state index contributed by atoms with van der Waals surface area (Å²) in [6.45, 7) is 1.78. The normalized spacial score (nSPS) is 10.7. The van der Waals surface area contributed by atoms with Gasteiger partial charge in [-0.3, -0.25) is 4.79 Å². The summed E-state index contributed by atoms with van der Waals surface area (Å²) in [7, 11) is 0. The Kier molecular flexibility index (Phi) is 3.52. The fraction of sp³-hybridized carbons (Fsp3) is 0.100. The molecule has 0 radical (unpaired) electrons. The van der Waals surface area contributed by atoms with Crippen LogP contribution in [0, 0.1) is 0 Å². The van der Waals surface area contributed by atoms with Gasteiger partial charge in [-0.05, 0) is 31.2 Å². The zero-order valence-corrected chi connectivity index (χ0v) is 8.56. The lowest BCUT2D eigenvalue weighted by atomic mass is 10.1. The largest absolute Gasteiger partial charge is 0.289 e. The van der Waals surface area contributed by atoms with Crippen LogP contribution in [-0.4, -0.2) is 5.78 Å². The first-order valence-corrected chi connectivity index (χ1v) is 4.52. The Hall–Kier alpha value is -0.790. The molecule has 0 bridgehead atoms. The van der Waals surface area contributed by atoms with Gasteiger partial charge in [0.1, 0.15) is 0 Å². The van der Waals surface area contributed by atoms with Crippen LogP contribution >= 0.6 is 23.2 Å². The molecule has 0 aliphatic carbocycles. The van der Waals surface area contributed by atoms with Gasteiger partial charge in [0.15, 0.2) is 5.78 Å². The predicted octanol–water partition coefficient (Wildman–Crippen LogP) is 3.75. The Morgan fingerprint density at radius 1 is 1.23 bits per heavy atom. The number of hydrogen-bond donors (Lipinski definition) is 0. The molecule has 1 rings (SSSR count). The van der Waals surface area contributed by atoms with Crippen molar-refractivity contribution in [3.05, 3.63) is 46.0 Å². The van der Waals surface area contributed by atoms with Gasteiger partial charge < -0.3 is 0 Å². The van der Waals surface area contributed by atoms with Crippen molar-refractivity contribution in [1.29, 1.82) is 0 Å². The van der Waals surface area contributed by atoms with E-state index in [1.807, 2.05) is 0 Å². The molecule has 1 nitrogen and oxygen atoms in total. The fourth-order valence-corrected chi connectivity index (χ4v) is 1.47. The molecule has 1 aromatic carbocycles. The summed E-state index contributed by atoms with van der Waals surface area (Å²) in [5.74, 6) is -0.0908. The van der Waals surface area contributed by atoms with E-state index in [9.17, 15) is 4.79 Å². The Bertz CT molecular complexity index is 336. The summed E-state index contributed by atoms with van der Waals surface area (Å²) in [5.41, 5.74) is 0.510. The van der Waals surface area contributed by atoms with Crippen LogP contribution in [0.4, 0.5) is 0 Å². The summed E-state index contributed by atoms with van der Waals surface area (Å²) in [5, 5.41) is 0.945. The summed E-state index contributed by atoms with van der Waals surface area (Å²) in [6, 6.07) is 4.78. The molecule has 0 amide bonds. The van der Waals surface area contributed by atoms with E-state index in [1.54, 1.807) is 31.2 Å². The van der Waals surface area contributed by atoms with E-state index < -0.39 is 0 Å². The van der Waals surface area contributed by atoms with Crippen LogP contribution in [-0.2, 0) is 0 Å². The second kappa shape index (κ2) is 4.45. The lowest BCUT2D eigenvalue weighted by molar-refractivity contribution is 0.104. The van der Waals surface area contributed by atoms with Crippen molar-refractivity contribution in [2.45, 2.75) is 6.92 Å². The van der Waals surface area contributed by atoms with Gasteiger partial charge >= 0.3 is 0 Å². The number of carbonyl (C=O) groups excluding carboxylic acids is 1. The van der Waals surface area contributed by atoms with Crippen LogP contribution in [0.15, 0.2) is 30.4 Å². The number of halogens is 2. The molecule has 0 spiro atoms. The average molecular weight is 215 g/mol. The van der Waals surface area contributed by atoms with Crippen molar-refractivity contribution in [1.82, 2.24) is 0 Å². The smallest absolute Gasteiger partial charge is 0.185 e. The topological polar surface area (TPSA) is 17.1 Å². The van der Waals surface area contributed by atoms with Crippen LogP contribution < -0.4 is 0 Å². The third-order valence-corrected chi connectivity index (χ3v) is 1.90. The maximum absolute atomic E-state index is 11.3. The molecule has 0 atom stereocenters. The quantitative estimate of drug-likeness (QED) is 0.542. The summed E-state index contributed by atoms with van der Waals surface area (Å²) >= 11 is 11.5. The van der Waals surface area contributed by atoms with Crippen LogP contribution in [0.2, 0.25) is 10.0 Å². The molecule has 13 heavy (non-hydrogen) atoms. The molecule has 0 aromatic heterocycles. The van der Waals surface area contributed by atoms with Gasteiger partial charge in [0.05, 0.1) is 0 Å². The highest BCUT2D eigenvalue weighted by Crippen LogP contribution is 2.19. The average Bonchev–Trinajstić information content (AvgIpc) is 2.03. The molecule has 0 N–H and O–H groups in total. The molecular formula is C10H8Cl2O. The summed E-state index contributed by atoms with van der Waals surface area (Å²) in [6.07, 6.45) is 3.15. The number of carbonyl (C=O) groups is 1. The van der Waals surface area contributed by atoms with Crippen LogP contribution in [0.25, 0.3) is 0 Å². The van der Waals surface area contributed by atoms with E-state index in [0.29, 0.717) is 15.6 Å². The molecule has 0 heterocycles. The van der Waals surface area contributed by atoms with Gasteiger partial charge in [-0.1, -0.05) is 29.3 Å². The number of allylic oxidation sites excluding steroid dienone is 2. The first-order valence-electron chi connectivity index (χ1n) is 3.76. The lowest BCUT2D eigenvalue weighted by Gasteiger charge is -1.97. The van der Waals surface area contributed by atoms with E-state index in [0.717, 1.165) is 0 Å². The maximum Gasteiger partial charge on any atom is 0.185 e. The van der Waals surface area contributed by atoms with Crippen molar-refractivity contribution in [3.63, 3.8) is 0 Å². The van der Waals surface area contributed by atoms with Gasteiger partial charge in [0, 0.05) is 15.6 Å². The van der Waals surface area contributed by atoms with E-state index in [4.69, 9.17) is 23.2 Å². The minimum absolute atomic E-state index is 0.0908. The molecule has 0 fully saturated rings. The fourth-order valence-electron chi connectivity index (χ4n) is 0.944. The van der Waals surface area contributed by atoms with Crippen LogP contribution in [0.5, 0.6) is 0 Å². The minimum atomic E-state index is -0.0908. The molecule has 0 aliphatic rings. The van der Waals surface area contributed by atoms with E-state index >= 15 is 0 Å². The highest BCUT2D eigenvalue weighted by Gasteiger charge is 2.03. The Morgan fingerprint density at radius 3 is 2.23 bits per heavy atom. The molecule has 1 aromatic rings. The molecule has 68 valence electrons. The van der Waals surface area contributed by atoms with Crippen molar-refractivity contribution < 1.29 is 4.79 Å². The zero-order chi connectivity index (χ0) is 9.84. The zero-order valence-electron chi connectivity index (χ0n) is 7.05. The first kappa shape index (κ1) is 10.3. The van der Waals surface area contributed by atoms with Crippen molar-refractivity contribution in [2.75, 3.05) is 0 Å². The molecule has 0 saturated carbocycles.